The van der Waals surface area contributed by atoms with E-state index in [2.05, 4.69) is 11.8 Å². The molecule has 1 heterocycles. The van der Waals surface area contributed by atoms with Crippen LogP contribution in [0.5, 0.6) is 11.5 Å². The van der Waals surface area contributed by atoms with E-state index in [1.807, 2.05) is 54.6 Å². The number of ether oxygens (including phenoxy) is 3. The molecule has 26 heavy (non-hydrogen) atoms. The van der Waals surface area contributed by atoms with E-state index in [0.29, 0.717) is 13.0 Å². The van der Waals surface area contributed by atoms with Gasteiger partial charge in [-0.2, -0.15) is 0 Å². The van der Waals surface area contributed by atoms with Crippen molar-refractivity contribution in [1.29, 1.82) is 0 Å². The van der Waals surface area contributed by atoms with Crippen LogP contribution in [-0.4, -0.2) is 25.9 Å². The Morgan fingerprint density at radius 3 is 2.27 bits per heavy atom. The second-order valence-electron chi connectivity index (χ2n) is 5.94. The quantitative estimate of drug-likeness (QED) is 0.833. The number of methoxy groups -OCH3 is 2. The van der Waals surface area contributed by atoms with Crippen molar-refractivity contribution in [2.45, 2.75) is 18.6 Å². The normalized spacial score (nSPS) is 17.0. The summed E-state index contributed by atoms with van der Waals surface area (Å²) in [6.07, 6.45) is 1.56. The largest absolute Gasteiger partial charge is 0.497 e. The molecule has 2 atom stereocenters. The first-order chi connectivity index (χ1) is 12.7. The van der Waals surface area contributed by atoms with Gasteiger partial charge >= 0.3 is 0 Å². The summed E-state index contributed by atoms with van der Waals surface area (Å²) in [7, 11) is 3.26. The lowest BCUT2D eigenvalue weighted by Crippen LogP contribution is -2.00. The monoisotopic (exact) mass is 350 g/mol. The van der Waals surface area contributed by atoms with Crippen molar-refractivity contribution in [2.24, 2.45) is 0 Å². The van der Waals surface area contributed by atoms with Crippen LogP contribution in [0, 0.1) is 11.8 Å². The molecule has 1 N–H and O–H groups in total. The van der Waals surface area contributed by atoms with E-state index in [1.165, 1.54) is 0 Å². The molecular weight excluding hydrogens is 328 g/mol. The number of aliphatic hydroxyl groups is 1. The molecule has 4 nitrogen and oxygen atoms in total. The maximum atomic E-state index is 10.3. The third kappa shape index (κ3) is 4.26. The van der Waals surface area contributed by atoms with E-state index in [0.717, 1.165) is 28.2 Å². The lowest BCUT2D eigenvalue weighted by Gasteiger charge is -2.12. The lowest BCUT2D eigenvalue weighted by atomic mass is 10.0. The Hall–Kier alpha value is -2.74. The molecule has 0 fully saturated rings. The van der Waals surface area contributed by atoms with Crippen molar-refractivity contribution in [3.05, 3.63) is 71.3 Å². The van der Waals surface area contributed by atoms with Crippen molar-refractivity contribution in [2.75, 3.05) is 20.8 Å². The molecule has 0 bridgehead atoms. The fraction of sp³-hybridized carbons (Fsp3) is 0.273. The van der Waals surface area contributed by atoms with Crippen LogP contribution in [0.2, 0.25) is 0 Å². The number of hydrogen-bond donors (Lipinski definition) is 1. The van der Waals surface area contributed by atoms with Crippen LogP contribution >= 0.6 is 0 Å². The molecule has 0 spiro atoms. The highest BCUT2D eigenvalue weighted by Gasteiger charge is 2.20. The zero-order chi connectivity index (χ0) is 18.4. The fourth-order valence-electron chi connectivity index (χ4n) is 2.80. The summed E-state index contributed by atoms with van der Waals surface area (Å²) < 4.78 is 16.1. The first kappa shape index (κ1) is 18.1. The average Bonchev–Trinajstić information content (AvgIpc) is 3.16. The van der Waals surface area contributed by atoms with Gasteiger partial charge in [-0.25, -0.2) is 0 Å². The van der Waals surface area contributed by atoms with E-state index in [-0.39, 0.29) is 6.10 Å². The van der Waals surface area contributed by atoms with Crippen LogP contribution < -0.4 is 9.47 Å². The SMILES string of the molecule is COc1ccc(C(O)CC#CC2=CCOC2c2ccc(OC)cc2)cc1. The molecule has 2 unspecified atom stereocenters. The maximum absolute atomic E-state index is 10.3. The Morgan fingerprint density at radius 2 is 1.65 bits per heavy atom. The number of rotatable bonds is 5. The van der Waals surface area contributed by atoms with Gasteiger partial charge in [-0.05, 0) is 41.5 Å². The highest BCUT2D eigenvalue weighted by molar-refractivity contribution is 5.42. The summed E-state index contributed by atoms with van der Waals surface area (Å²) in [5, 5.41) is 10.3. The van der Waals surface area contributed by atoms with Gasteiger partial charge in [0, 0.05) is 12.0 Å². The van der Waals surface area contributed by atoms with Crippen molar-refractivity contribution in [3.8, 4) is 23.3 Å². The summed E-state index contributed by atoms with van der Waals surface area (Å²) in [5.74, 6) is 7.80. The average molecular weight is 350 g/mol. The molecule has 0 aromatic heterocycles. The summed E-state index contributed by atoms with van der Waals surface area (Å²) in [5.41, 5.74) is 2.79. The van der Waals surface area contributed by atoms with Crippen molar-refractivity contribution in [3.63, 3.8) is 0 Å². The highest BCUT2D eigenvalue weighted by atomic mass is 16.5. The fourth-order valence-corrected chi connectivity index (χ4v) is 2.80. The standard InChI is InChI=1S/C22H22O4/c1-24-19-10-6-16(7-11-19)21(23)5-3-4-17-14-15-26-22(17)18-8-12-20(25-2)13-9-18/h6-14,21-23H,5,15H2,1-2H3. The van der Waals surface area contributed by atoms with E-state index in [9.17, 15) is 5.11 Å². The summed E-state index contributed by atoms with van der Waals surface area (Å²) in [4.78, 5) is 0. The molecular formula is C22H22O4. The minimum absolute atomic E-state index is 0.161. The molecule has 134 valence electrons. The van der Waals surface area contributed by atoms with Crippen molar-refractivity contribution < 1.29 is 19.3 Å². The van der Waals surface area contributed by atoms with Gasteiger partial charge in [-0.15, -0.1) is 0 Å². The Morgan fingerprint density at radius 1 is 1.04 bits per heavy atom. The van der Waals surface area contributed by atoms with Gasteiger partial charge in [0.1, 0.15) is 17.6 Å². The van der Waals surface area contributed by atoms with E-state index in [4.69, 9.17) is 14.2 Å². The van der Waals surface area contributed by atoms with Gasteiger partial charge in [-0.3, -0.25) is 0 Å². The second-order valence-corrected chi connectivity index (χ2v) is 5.94. The minimum Gasteiger partial charge on any atom is -0.497 e. The van der Waals surface area contributed by atoms with Gasteiger partial charge in [0.15, 0.2) is 0 Å². The first-order valence-electron chi connectivity index (χ1n) is 8.47. The van der Waals surface area contributed by atoms with Crippen LogP contribution in [0.15, 0.2) is 60.2 Å². The molecule has 2 aromatic carbocycles. The van der Waals surface area contributed by atoms with Crippen LogP contribution in [0.1, 0.15) is 29.8 Å². The van der Waals surface area contributed by atoms with Gasteiger partial charge < -0.3 is 19.3 Å². The molecule has 1 aliphatic heterocycles. The number of aliphatic hydroxyl groups excluding tert-OH is 1. The third-order valence-electron chi connectivity index (χ3n) is 4.30. The molecule has 0 amide bonds. The third-order valence-corrected chi connectivity index (χ3v) is 4.30. The maximum Gasteiger partial charge on any atom is 0.118 e. The van der Waals surface area contributed by atoms with Gasteiger partial charge in [-0.1, -0.05) is 36.1 Å². The van der Waals surface area contributed by atoms with Crippen molar-refractivity contribution in [1.82, 2.24) is 0 Å². The van der Waals surface area contributed by atoms with E-state index < -0.39 is 6.10 Å². The van der Waals surface area contributed by atoms with Crippen LogP contribution in [-0.2, 0) is 4.74 Å². The van der Waals surface area contributed by atoms with Crippen LogP contribution in [0.3, 0.4) is 0 Å². The van der Waals surface area contributed by atoms with E-state index >= 15 is 0 Å². The topological polar surface area (TPSA) is 47.9 Å². The van der Waals surface area contributed by atoms with Gasteiger partial charge in [0.05, 0.1) is 26.9 Å². The molecule has 0 radical (unpaired) electrons. The number of benzene rings is 2. The molecule has 4 heteroatoms. The van der Waals surface area contributed by atoms with Crippen molar-refractivity contribution >= 4 is 0 Å². The number of hydrogen-bond acceptors (Lipinski definition) is 4. The first-order valence-corrected chi connectivity index (χ1v) is 8.47. The summed E-state index contributed by atoms with van der Waals surface area (Å²) in [6.45, 7) is 0.543. The van der Waals surface area contributed by atoms with Crippen LogP contribution in [0.4, 0.5) is 0 Å². The summed E-state index contributed by atoms with van der Waals surface area (Å²) >= 11 is 0. The minimum atomic E-state index is -0.629. The highest BCUT2D eigenvalue weighted by Crippen LogP contribution is 2.31. The van der Waals surface area contributed by atoms with Gasteiger partial charge in [0.25, 0.3) is 0 Å². The molecule has 0 saturated carbocycles. The lowest BCUT2D eigenvalue weighted by molar-refractivity contribution is 0.125. The second kappa shape index (κ2) is 8.57. The molecule has 0 aliphatic carbocycles. The molecule has 2 aromatic rings. The smallest absolute Gasteiger partial charge is 0.118 e. The molecule has 3 rings (SSSR count). The zero-order valence-electron chi connectivity index (χ0n) is 14.9. The molecule has 1 aliphatic rings. The van der Waals surface area contributed by atoms with Gasteiger partial charge in [0.2, 0.25) is 0 Å². The Kier molecular flexibility index (Phi) is 5.96. The predicted molar refractivity (Wildman–Crippen MR) is 100 cm³/mol. The zero-order valence-corrected chi connectivity index (χ0v) is 14.9. The Labute approximate surface area is 154 Å². The Balaban J connectivity index is 1.64. The predicted octanol–water partition coefficient (Wildman–Crippen LogP) is 3.83. The summed E-state index contributed by atoms with van der Waals surface area (Å²) in [6, 6.07) is 15.2. The molecule has 0 saturated heterocycles. The Bertz CT molecular complexity index is 810. The van der Waals surface area contributed by atoms with Crippen LogP contribution in [0.25, 0.3) is 0 Å². The van der Waals surface area contributed by atoms with E-state index in [1.54, 1.807) is 14.2 Å².